The summed E-state index contributed by atoms with van der Waals surface area (Å²) in [5, 5.41) is 1.83. The largest absolute Gasteiger partial charge is 0.367 e. The van der Waals surface area contributed by atoms with Gasteiger partial charge in [0, 0.05) is 0 Å². The van der Waals surface area contributed by atoms with E-state index in [0.29, 0.717) is 0 Å². The lowest BCUT2D eigenvalue weighted by Gasteiger charge is -2.08. The van der Waals surface area contributed by atoms with Crippen LogP contribution in [0, 0.1) is 0 Å². The van der Waals surface area contributed by atoms with Crippen molar-refractivity contribution in [2.45, 2.75) is 18.5 Å². The highest BCUT2D eigenvalue weighted by Gasteiger charge is 2.44. The first-order valence-corrected chi connectivity index (χ1v) is 5.40. The molecular weight excluding hydrogens is 232 g/mol. The molecule has 0 aromatic carbocycles. The van der Waals surface area contributed by atoms with E-state index in [1.165, 1.54) is 11.3 Å². The van der Waals surface area contributed by atoms with Gasteiger partial charge < -0.3 is 20.9 Å². The number of hydrogen-bond acceptors (Lipinski definition) is 5. The highest BCUT2D eigenvalue weighted by Crippen LogP contribution is 2.33. The van der Waals surface area contributed by atoms with E-state index >= 15 is 0 Å². The Hall–Kier alpha value is -1.44. The fraction of sp³-hybridized carbons (Fsp3) is 0.333. The Kier molecular flexibility index (Phi) is 2.90. The van der Waals surface area contributed by atoms with Gasteiger partial charge in [0.05, 0.1) is 4.88 Å². The fourth-order valence-electron chi connectivity index (χ4n) is 1.43. The molecule has 16 heavy (non-hydrogen) atoms. The summed E-state index contributed by atoms with van der Waals surface area (Å²) in [5.41, 5.74) is 10.2. The standard InChI is InChI=1S/C9H10N2O4S/c10-7(12)5-6(8(11)13)15-9(14-5)4-2-1-3-16-4/h1-3,5-6,9H,(H2,10,12)(H2,11,13)/t5-,6-/m0/s1. The van der Waals surface area contributed by atoms with Crippen LogP contribution in [0.5, 0.6) is 0 Å². The number of hydrogen-bond donors (Lipinski definition) is 2. The van der Waals surface area contributed by atoms with Crippen molar-refractivity contribution in [2.24, 2.45) is 11.5 Å². The van der Waals surface area contributed by atoms with Crippen LogP contribution in [0.25, 0.3) is 0 Å². The van der Waals surface area contributed by atoms with E-state index in [4.69, 9.17) is 20.9 Å². The molecule has 6 nitrogen and oxygen atoms in total. The Bertz CT molecular complexity index is 384. The van der Waals surface area contributed by atoms with E-state index in [9.17, 15) is 9.59 Å². The van der Waals surface area contributed by atoms with E-state index in [2.05, 4.69) is 0 Å². The maximum absolute atomic E-state index is 11.0. The summed E-state index contributed by atoms with van der Waals surface area (Å²) in [5.74, 6) is -1.52. The second-order valence-electron chi connectivity index (χ2n) is 3.27. The number of ether oxygens (including phenoxy) is 2. The van der Waals surface area contributed by atoms with E-state index in [1.54, 1.807) is 6.07 Å². The highest BCUT2D eigenvalue weighted by atomic mass is 32.1. The molecule has 1 aliphatic heterocycles. The first-order chi connectivity index (χ1) is 7.59. The summed E-state index contributed by atoms with van der Waals surface area (Å²) >= 11 is 1.39. The highest BCUT2D eigenvalue weighted by molar-refractivity contribution is 7.10. The van der Waals surface area contributed by atoms with Gasteiger partial charge >= 0.3 is 0 Å². The fourth-order valence-corrected chi connectivity index (χ4v) is 2.13. The van der Waals surface area contributed by atoms with Gasteiger partial charge in [-0.2, -0.15) is 0 Å². The van der Waals surface area contributed by atoms with Crippen molar-refractivity contribution in [1.29, 1.82) is 0 Å². The van der Waals surface area contributed by atoms with E-state index in [1.807, 2.05) is 11.4 Å². The molecule has 86 valence electrons. The third-order valence-corrected chi connectivity index (χ3v) is 3.05. The second-order valence-corrected chi connectivity index (χ2v) is 4.24. The number of carbonyl (C=O) groups excluding carboxylic acids is 2. The predicted octanol–water partition coefficient (Wildman–Crippen LogP) is -0.499. The van der Waals surface area contributed by atoms with Gasteiger partial charge in [0.1, 0.15) is 0 Å². The monoisotopic (exact) mass is 242 g/mol. The first kappa shape index (κ1) is 11.1. The number of rotatable bonds is 3. The third kappa shape index (κ3) is 1.92. The number of amides is 2. The SMILES string of the molecule is NC(=O)[C@H]1OC(c2cccs2)O[C@@H]1C(N)=O. The average molecular weight is 242 g/mol. The van der Waals surface area contributed by atoms with Crippen LogP contribution in [0.2, 0.25) is 0 Å². The Balaban J connectivity index is 2.18. The van der Waals surface area contributed by atoms with E-state index < -0.39 is 30.3 Å². The Morgan fingerprint density at radius 3 is 2.12 bits per heavy atom. The van der Waals surface area contributed by atoms with Crippen LogP contribution in [0.15, 0.2) is 17.5 Å². The van der Waals surface area contributed by atoms with E-state index in [-0.39, 0.29) is 0 Å². The molecule has 1 aliphatic rings. The molecule has 0 saturated carbocycles. The minimum Gasteiger partial charge on any atom is -0.367 e. The van der Waals surface area contributed by atoms with Crippen LogP contribution in [-0.4, -0.2) is 24.0 Å². The zero-order chi connectivity index (χ0) is 11.7. The van der Waals surface area contributed by atoms with Gasteiger partial charge in [0.15, 0.2) is 18.5 Å². The van der Waals surface area contributed by atoms with Gasteiger partial charge in [0.25, 0.3) is 0 Å². The average Bonchev–Trinajstić information content (AvgIpc) is 2.86. The lowest BCUT2D eigenvalue weighted by Crippen LogP contribution is -2.44. The number of thiophene rings is 1. The zero-order valence-electron chi connectivity index (χ0n) is 8.16. The van der Waals surface area contributed by atoms with E-state index in [0.717, 1.165) is 4.88 Å². The molecule has 0 unspecified atom stereocenters. The molecule has 0 bridgehead atoms. The summed E-state index contributed by atoms with van der Waals surface area (Å²) in [4.78, 5) is 22.8. The van der Waals surface area contributed by atoms with Crippen molar-refractivity contribution in [1.82, 2.24) is 0 Å². The number of carbonyl (C=O) groups is 2. The minimum absolute atomic E-state index is 0.755. The third-order valence-electron chi connectivity index (χ3n) is 2.15. The molecule has 4 N–H and O–H groups in total. The van der Waals surface area contributed by atoms with Crippen LogP contribution < -0.4 is 11.5 Å². The molecule has 1 aromatic rings. The molecule has 2 rings (SSSR count). The van der Waals surface area contributed by atoms with Crippen molar-refractivity contribution < 1.29 is 19.1 Å². The predicted molar refractivity (Wildman–Crippen MR) is 55.2 cm³/mol. The number of primary amides is 2. The Morgan fingerprint density at radius 1 is 1.19 bits per heavy atom. The molecule has 1 saturated heterocycles. The Morgan fingerprint density at radius 2 is 1.75 bits per heavy atom. The molecule has 0 spiro atoms. The van der Waals surface area contributed by atoms with Crippen LogP contribution in [0.3, 0.4) is 0 Å². The van der Waals surface area contributed by atoms with Gasteiger partial charge in [0.2, 0.25) is 11.8 Å². The maximum atomic E-state index is 11.0. The second kappa shape index (κ2) is 4.20. The lowest BCUT2D eigenvalue weighted by atomic mass is 10.2. The maximum Gasteiger partial charge on any atom is 0.249 e. The molecule has 0 aliphatic carbocycles. The molecule has 7 heteroatoms. The van der Waals surface area contributed by atoms with Crippen molar-refractivity contribution in [3.8, 4) is 0 Å². The summed E-state index contributed by atoms with van der Waals surface area (Å²) in [6.07, 6.45) is -3.00. The zero-order valence-corrected chi connectivity index (χ0v) is 8.98. The Labute approximate surface area is 95.1 Å². The molecule has 0 radical (unpaired) electrons. The van der Waals surface area contributed by atoms with Crippen molar-refractivity contribution >= 4 is 23.2 Å². The summed E-state index contributed by atoms with van der Waals surface area (Å²) < 4.78 is 10.5. The summed E-state index contributed by atoms with van der Waals surface area (Å²) in [7, 11) is 0. The van der Waals surface area contributed by atoms with Gasteiger partial charge in [-0.15, -0.1) is 11.3 Å². The molecule has 2 atom stereocenters. The van der Waals surface area contributed by atoms with Crippen LogP contribution in [0.4, 0.5) is 0 Å². The number of nitrogens with two attached hydrogens (primary N) is 2. The first-order valence-electron chi connectivity index (χ1n) is 4.52. The van der Waals surface area contributed by atoms with Crippen molar-refractivity contribution in [3.05, 3.63) is 22.4 Å². The minimum atomic E-state index is -1.12. The van der Waals surface area contributed by atoms with Gasteiger partial charge in [-0.3, -0.25) is 9.59 Å². The van der Waals surface area contributed by atoms with Crippen molar-refractivity contribution in [2.75, 3.05) is 0 Å². The van der Waals surface area contributed by atoms with Gasteiger partial charge in [-0.25, -0.2) is 0 Å². The van der Waals surface area contributed by atoms with Crippen LogP contribution in [-0.2, 0) is 19.1 Å². The quantitative estimate of drug-likeness (QED) is 0.745. The van der Waals surface area contributed by atoms with Gasteiger partial charge in [-0.05, 0) is 11.4 Å². The smallest absolute Gasteiger partial charge is 0.249 e. The molecule has 1 aromatic heterocycles. The molecular formula is C9H10N2O4S. The molecule has 2 heterocycles. The van der Waals surface area contributed by atoms with Crippen LogP contribution >= 0.6 is 11.3 Å². The topological polar surface area (TPSA) is 105 Å². The lowest BCUT2D eigenvalue weighted by molar-refractivity contribution is -0.133. The molecule has 2 amide bonds. The molecule has 1 fully saturated rings. The van der Waals surface area contributed by atoms with Crippen LogP contribution in [0.1, 0.15) is 11.2 Å². The summed E-state index contributed by atoms with van der Waals surface area (Å²) in [6, 6.07) is 3.58. The van der Waals surface area contributed by atoms with Gasteiger partial charge in [-0.1, -0.05) is 6.07 Å². The van der Waals surface area contributed by atoms with Crippen molar-refractivity contribution in [3.63, 3.8) is 0 Å². The summed E-state index contributed by atoms with van der Waals surface area (Å²) in [6.45, 7) is 0. The normalized spacial score (nSPS) is 25.8.